The summed E-state index contributed by atoms with van der Waals surface area (Å²) in [5.41, 5.74) is -1.45. The third-order valence-electron chi connectivity index (χ3n) is 4.88. The fourth-order valence-corrected chi connectivity index (χ4v) is 6.41. The molecule has 182 valence electrons. The van der Waals surface area contributed by atoms with E-state index >= 15 is 0 Å². The first-order chi connectivity index (χ1) is 14.4. The first-order valence-corrected chi connectivity index (χ1v) is 13.5. The van der Waals surface area contributed by atoms with Crippen LogP contribution in [0.1, 0.15) is 87.0 Å². The lowest BCUT2D eigenvalue weighted by molar-refractivity contribution is -0.382. The molecule has 0 bridgehead atoms. The first-order valence-electron chi connectivity index (χ1n) is 11.8. The van der Waals surface area contributed by atoms with E-state index in [2.05, 4.69) is 20.8 Å². The van der Waals surface area contributed by atoms with Gasteiger partial charge in [-0.3, -0.25) is 0 Å². The zero-order valence-electron chi connectivity index (χ0n) is 20.8. The molecule has 0 N–H and O–H groups in total. The van der Waals surface area contributed by atoms with Crippen molar-refractivity contribution in [3.8, 4) is 0 Å². The molecule has 8 heteroatoms. The summed E-state index contributed by atoms with van der Waals surface area (Å²) in [5, 5.41) is 0. The van der Waals surface area contributed by atoms with E-state index in [1.165, 1.54) is 0 Å². The second-order valence-electron chi connectivity index (χ2n) is 7.23. The highest BCUT2D eigenvalue weighted by Gasteiger charge is 2.74. The van der Waals surface area contributed by atoms with Gasteiger partial charge in [-0.25, -0.2) is 0 Å². The second kappa shape index (κ2) is 16.6. The summed E-state index contributed by atoms with van der Waals surface area (Å²) >= 11 is 0. The topological polar surface area (TPSA) is 64.6 Å². The van der Waals surface area contributed by atoms with Gasteiger partial charge in [0.05, 0.1) is 19.8 Å². The van der Waals surface area contributed by atoms with Gasteiger partial charge in [0, 0.05) is 26.9 Å². The van der Waals surface area contributed by atoms with Crippen LogP contribution in [0.4, 0.5) is 0 Å². The maximum absolute atomic E-state index is 6.54. The summed E-state index contributed by atoms with van der Waals surface area (Å²) in [5.74, 6) is -1.27. The average molecular weight is 453 g/mol. The SMILES string of the molecule is CCCCOC(C)(OC)C(OCCCC)(OCCCC)[Si](OCC)(OCC)OCC. The van der Waals surface area contributed by atoms with Crippen LogP contribution in [0.2, 0.25) is 0 Å². The summed E-state index contributed by atoms with van der Waals surface area (Å²) in [6.45, 7) is 16.6. The number of hydrogen-bond donors (Lipinski definition) is 0. The maximum Gasteiger partial charge on any atom is 0.569 e. The largest absolute Gasteiger partial charge is 0.569 e. The highest BCUT2D eigenvalue weighted by atomic mass is 28.4. The van der Waals surface area contributed by atoms with Gasteiger partial charge in [-0.15, -0.1) is 0 Å². The van der Waals surface area contributed by atoms with Gasteiger partial charge in [0.25, 0.3) is 5.41 Å². The molecule has 0 amide bonds. The number of hydrogen-bond acceptors (Lipinski definition) is 7. The summed E-state index contributed by atoms with van der Waals surface area (Å²) in [4.78, 5) is 0. The molecule has 0 radical (unpaired) electrons. The summed E-state index contributed by atoms with van der Waals surface area (Å²) in [6, 6.07) is 0. The van der Waals surface area contributed by atoms with Crippen LogP contribution in [-0.4, -0.2) is 66.8 Å². The van der Waals surface area contributed by atoms with Crippen molar-refractivity contribution in [1.29, 1.82) is 0 Å². The second-order valence-corrected chi connectivity index (χ2v) is 9.86. The van der Waals surface area contributed by atoms with Crippen molar-refractivity contribution in [2.45, 2.75) is 98.2 Å². The van der Waals surface area contributed by atoms with Crippen molar-refractivity contribution >= 4 is 8.80 Å². The van der Waals surface area contributed by atoms with E-state index in [-0.39, 0.29) is 0 Å². The Balaban J connectivity index is 6.55. The molecule has 0 fully saturated rings. The fraction of sp³-hybridized carbons (Fsp3) is 1.00. The van der Waals surface area contributed by atoms with E-state index in [1.807, 2.05) is 27.7 Å². The Bertz CT molecular complexity index is 384. The third-order valence-corrected chi connectivity index (χ3v) is 8.43. The number of ether oxygens (including phenoxy) is 4. The summed E-state index contributed by atoms with van der Waals surface area (Å²) < 4.78 is 44.2. The molecule has 0 rings (SSSR count). The van der Waals surface area contributed by atoms with Crippen LogP contribution in [0.3, 0.4) is 0 Å². The molecule has 0 saturated carbocycles. The lowest BCUT2D eigenvalue weighted by Gasteiger charge is -2.51. The minimum Gasteiger partial charge on any atom is -0.371 e. The van der Waals surface area contributed by atoms with Crippen LogP contribution >= 0.6 is 0 Å². The molecule has 1 unspecified atom stereocenters. The van der Waals surface area contributed by atoms with Gasteiger partial charge < -0.3 is 32.2 Å². The quantitative estimate of drug-likeness (QED) is 0.137. The molecule has 30 heavy (non-hydrogen) atoms. The maximum atomic E-state index is 6.54. The minimum absolute atomic E-state index is 0.400. The van der Waals surface area contributed by atoms with Crippen molar-refractivity contribution in [2.75, 3.05) is 46.8 Å². The molecule has 0 aromatic rings. The van der Waals surface area contributed by atoms with Crippen molar-refractivity contribution in [3.63, 3.8) is 0 Å². The van der Waals surface area contributed by atoms with Crippen molar-refractivity contribution in [2.24, 2.45) is 0 Å². The van der Waals surface area contributed by atoms with Gasteiger partial charge in [-0.05, 0) is 47.0 Å². The predicted molar refractivity (Wildman–Crippen MR) is 121 cm³/mol. The lowest BCUT2D eigenvalue weighted by atomic mass is 10.2. The molecule has 0 aromatic heterocycles. The van der Waals surface area contributed by atoms with Gasteiger partial charge in [-0.2, -0.15) is 0 Å². The van der Waals surface area contributed by atoms with E-state index < -0.39 is 20.0 Å². The average Bonchev–Trinajstić information content (AvgIpc) is 2.73. The van der Waals surface area contributed by atoms with Crippen molar-refractivity contribution < 1.29 is 32.2 Å². The van der Waals surface area contributed by atoms with Crippen LogP contribution < -0.4 is 0 Å². The Kier molecular flexibility index (Phi) is 16.5. The Morgan fingerprint density at radius 2 is 0.967 bits per heavy atom. The number of rotatable bonds is 21. The smallest absolute Gasteiger partial charge is 0.371 e. The van der Waals surface area contributed by atoms with Crippen LogP contribution in [0.5, 0.6) is 0 Å². The Hall–Kier alpha value is -0.0631. The first kappa shape index (κ1) is 29.9. The highest BCUT2D eigenvalue weighted by molar-refractivity contribution is 6.64. The fourth-order valence-electron chi connectivity index (χ4n) is 3.16. The van der Waals surface area contributed by atoms with E-state index in [4.69, 9.17) is 32.2 Å². The summed E-state index contributed by atoms with van der Waals surface area (Å²) in [6.07, 6.45) is 5.59. The molecule has 7 nitrogen and oxygen atoms in total. The lowest BCUT2D eigenvalue weighted by Crippen LogP contribution is -2.77. The molecule has 0 aliphatic rings. The van der Waals surface area contributed by atoms with Gasteiger partial charge in [0.15, 0.2) is 0 Å². The van der Waals surface area contributed by atoms with Crippen LogP contribution in [0.15, 0.2) is 0 Å². The van der Waals surface area contributed by atoms with Gasteiger partial charge in [0.1, 0.15) is 0 Å². The zero-order valence-corrected chi connectivity index (χ0v) is 21.8. The molecule has 0 saturated heterocycles. The zero-order chi connectivity index (χ0) is 22.9. The molecule has 1 atom stereocenters. The van der Waals surface area contributed by atoms with E-state index in [9.17, 15) is 0 Å². The van der Waals surface area contributed by atoms with Gasteiger partial charge in [-0.1, -0.05) is 40.0 Å². The monoisotopic (exact) mass is 452 g/mol. The molecular weight excluding hydrogens is 404 g/mol. The third kappa shape index (κ3) is 7.81. The molecule has 0 aromatic carbocycles. The number of unbranched alkanes of at least 4 members (excludes halogenated alkanes) is 3. The van der Waals surface area contributed by atoms with Gasteiger partial charge in [0.2, 0.25) is 5.79 Å². The minimum atomic E-state index is -3.59. The Morgan fingerprint density at radius 1 is 0.600 bits per heavy atom. The van der Waals surface area contributed by atoms with Gasteiger partial charge >= 0.3 is 8.80 Å². The molecule has 0 heterocycles. The predicted octanol–water partition coefficient (Wildman–Crippen LogP) is 5.08. The standard InChI is InChI=1S/C22H48O7Si/c1-9-15-18-24-21(7,23-8)22(25-19-16-10-2,26-20-17-11-3)30(27-12-4,28-13-5)29-14-6/h9-20H2,1-8H3. The molecule has 0 aliphatic heterocycles. The Labute approximate surface area is 186 Å². The van der Waals surface area contributed by atoms with Crippen molar-refractivity contribution in [1.82, 2.24) is 0 Å². The van der Waals surface area contributed by atoms with E-state index in [0.29, 0.717) is 39.6 Å². The number of methoxy groups -OCH3 is 1. The summed E-state index contributed by atoms with van der Waals surface area (Å²) in [7, 11) is -1.98. The van der Waals surface area contributed by atoms with Crippen LogP contribution in [0.25, 0.3) is 0 Å². The highest BCUT2D eigenvalue weighted by Crippen LogP contribution is 2.42. The van der Waals surface area contributed by atoms with E-state index in [0.717, 1.165) is 38.5 Å². The molecular formula is C22H48O7Si. The van der Waals surface area contributed by atoms with Crippen LogP contribution in [0, 0.1) is 0 Å². The molecule has 0 spiro atoms. The normalized spacial score (nSPS) is 14.8. The molecule has 0 aliphatic carbocycles. The van der Waals surface area contributed by atoms with Crippen molar-refractivity contribution in [3.05, 3.63) is 0 Å². The Morgan fingerprint density at radius 3 is 1.27 bits per heavy atom. The van der Waals surface area contributed by atoms with E-state index in [1.54, 1.807) is 7.11 Å². The van der Waals surface area contributed by atoms with Crippen LogP contribution in [-0.2, 0) is 32.2 Å².